The average Bonchev–Trinajstić information content (AvgIpc) is 3.56. The first-order chi connectivity index (χ1) is 17.0. The van der Waals surface area contributed by atoms with Gasteiger partial charge in [0.2, 0.25) is 0 Å². The summed E-state index contributed by atoms with van der Waals surface area (Å²) in [5.74, 6) is -0.668. The highest BCUT2D eigenvalue weighted by Gasteiger charge is 2.36. The summed E-state index contributed by atoms with van der Waals surface area (Å²) in [6, 6.07) is 16.5. The molecule has 0 fully saturated rings. The van der Waals surface area contributed by atoms with Gasteiger partial charge in [-0.1, -0.05) is 30.3 Å². The number of halogens is 1. The summed E-state index contributed by atoms with van der Waals surface area (Å²) < 4.78 is 24.4. The van der Waals surface area contributed by atoms with Crippen molar-refractivity contribution < 1.29 is 23.5 Å². The molecule has 9 heteroatoms. The first-order valence-corrected chi connectivity index (χ1v) is 12.0. The normalized spacial score (nSPS) is 15.1. The van der Waals surface area contributed by atoms with Gasteiger partial charge in [0.05, 0.1) is 30.3 Å². The molecular weight excluding hydrogens is 469 g/mol. The largest absolute Gasteiger partial charge is 0.496 e. The molecule has 0 saturated carbocycles. The van der Waals surface area contributed by atoms with E-state index in [1.54, 1.807) is 18.4 Å². The third kappa shape index (κ3) is 5.58. The number of hydrogen-bond acceptors (Lipinski definition) is 6. The van der Waals surface area contributed by atoms with Crippen molar-refractivity contribution in [2.24, 2.45) is 5.10 Å². The molecule has 0 radical (unpaired) electrons. The molecule has 7 nitrogen and oxygen atoms in total. The van der Waals surface area contributed by atoms with Crippen LogP contribution in [0.25, 0.3) is 0 Å². The lowest BCUT2D eigenvalue weighted by Gasteiger charge is -2.27. The van der Waals surface area contributed by atoms with Gasteiger partial charge in [-0.15, -0.1) is 11.3 Å². The number of methoxy groups -OCH3 is 2. The van der Waals surface area contributed by atoms with E-state index in [9.17, 15) is 14.0 Å². The number of hydrogen-bond donors (Lipinski definition) is 0. The third-order valence-electron chi connectivity index (χ3n) is 5.72. The molecule has 2 aromatic carbocycles. The Balaban J connectivity index is 1.63. The highest BCUT2D eigenvalue weighted by atomic mass is 32.1. The second-order valence-electron chi connectivity index (χ2n) is 7.95. The van der Waals surface area contributed by atoms with Crippen LogP contribution in [0.1, 0.15) is 33.3 Å². The first kappa shape index (κ1) is 24.6. The van der Waals surface area contributed by atoms with Gasteiger partial charge in [-0.05, 0) is 35.7 Å². The Kier molecular flexibility index (Phi) is 7.89. The molecule has 1 atom stereocenters. The van der Waals surface area contributed by atoms with Crippen LogP contribution in [0.5, 0.6) is 5.75 Å². The van der Waals surface area contributed by atoms with E-state index in [1.807, 2.05) is 41.8 Å². The van der Waals surface area contributed by atoms with E-state index in [1.165, 1.54) is 35.2 Å². The van der Waals surface area contributed by atoms with E-state index < -0.39 is 11.7 Å². The molecule has 3 aromatic rings. The predicted octanol–water partition coefficient (Wildman–Crippen LogP) is 4.36. The van der Waals surface area contributed by atoms with Crippen molar-refractivity contribution in [1.29, 1.82) is 0 Å². The minimum absolute atomic E-state index is 0.166. The first-order valence-electron chi connectivity index (χ1n) is 11.1. The fourth-order valence-electron chi connectivity index (χ4n) is 4.01. The number of carbonyl (C=O) groups is 2. The molecule has 1 aliphatic heterocycles. The topological polar surface area (TPSA) is 71.4 Å². The Morgan fingerprint density at radius 1 is 1.14 bits per heavy atom. The van der Waals surface area contributed by atoms with Crippen LogP contribution in [0.4, 0.5) is 4.39 Å². The van der Waals surface area contributed by atoms with Gasteiger partial charge in [0.1, 0.15) is 18.1 Å². The molecule has 0 N–H and O–H groups in total. The van der Waals surface area contributed by atoms with Gasteiger partial charge in [0, 0.05) is 31.2 Å². The molecule has 35 heavy (non-hydrogen) atoms. The molecular formula is C26H26FN3O4S. The van der Waals surface area contributed by atoms with Crippen LogP contribution >= 0.6 is 11.3 Å². The number of hydrazone groups is 1. The molecule has 182 valence electrons. The minimum Gasteiger partial charge on any atom is -0.496 e. The zero-order chi connectivity index (χ0) is 24.8. The molecule has 2 amide bonds. The van der Waals surface area contributed by atoms with Gasteiger partial charge in [-0.3, -0.25) is 9.59 Å². The van der Waals surface area contributed by atoms with Crippen molar-refractivity contribution in [3.8, 4) is 5.75 Å². The number of thiophene rings is 1. The average molecular weight is 496 g/mol. The lowest BCUT2D eigenvalue weighted by Crippen LogP contribution is -2.42. The van der Waals surface area contributed by atoms with Gasteiger partial charge in [0.25, 0.3) is 11.8 Å². The summed E-state index contributed by atoms with van der Waals surface area (Å²) in [5.41, 5.74) is 1.79. The summed E-state index contributed by atoms with van der Waals surface area (Å²) in [7, 11) is 3.10. The zero-order valence-electron chi connectivity index (χ0n) is 19.5. The van der Waals surface area contributed by atoms with Gasteiger partial charge < -0.3 is 14.4 Å². The van der Waals surface area contributed by atoms with E-state index in [0.29, 0.717) is 12.2 Å². The Bertz CT molecular complexity index is 1210. The van der Waals surface area contributed by atoms with Gasteiger partial charge in [-0.2, -0.15) is 5.10 Å². The number of ether oxygens (including phenoxy) is 2. The van der Waals surface area contributed by atoms with Crippen molar-refractivity contribution in [3.05, 3.63) is 87.9 Å². The van der Waals surface area contributed by atoms with Crippen molar-refractivity contribution in [3.63, 3.8) is 0 Å². The molecule has 4 rings (SSSR count). The van der Waals surface area contributed by atoms with Crippen LogP contribution in [0.3, 0.4) is 0 Å². The summed E-state index contributed by atoms with van der Waals surface area (Å²) in [5, 5.41) is 8.07. The molecule has 0 saturated heterocycles. The summed E-state index contributed by atoms with van der Waals surface area (Å²) in [6.45, 7) is 0.172. The maximum atomic E-state index is 13.7. The molecule has 1 aromatic heterocycles. The summed E-state index contributed by atoms with van der Waals surface area (Å²) in [6.07, 6.45) is 0.516. The van der Waals surface area contributed by atoms with Crippen molar-refractivity contribution in [2.75, 3.05) is 33.9 Å². The van der Waals surface area contributed by atoms with E-state index >= 15 is 0 Å². The number of para-hydroxylation sites is 1. The highest BCUT2D eigenvalue weighted by Crippen LogP contribution is 2.38. The van der Waals surface area contributed by atoms with E-state index in [-0.39, 0.29) is 37.2 Å². The number of amides is 2. The van der Waals surface area contributed by atoms with Crippen LogP contribution in [-0.2, 0) is 9.53 Å². The van der Waals surface area contributed by atoms with E-state index in [2.05, 4.69) is 5.10 Å². The molecule has 2 heterocycles. The van der Waals surface area contributed by atoms with Gasteiger partial charge in [-0.25, -0.2) is 9.40 Å². The smallest absolute Gasteiger partial charge is 0.262 e. The summed E-state index contributed by atoms with van der Waals surface area (Å²) >= 11 is 1.55. The third-order valence-corrected chi connectivity index (χ3v) is 6.64. The van der Waals surface area contributed by atoms with E-state index in [4.69, 9.17) is 9.47 Å². The van der Waals surface area contributed by atoms with Crippen LogP contribution in [0.15, 0.2) is 71.1 Å². The number of carbonyl (C=O) groups excluding carboxylic acids is 2. The van der Waals surface area contributed by atoms with Crippen LogP contribution in [0, 0.1) is 5.82 Å². The lowest BCUT2D eigenvalue weighted by molar-refractivity contribution is -0.133. The number of rotatable bonds is 9. The fraction of sp³-hybridized carbons (Fsp3) is 0.269. The van der Waals surface area contributed by atoms with E-state index in [0.717, 1.165) is 22.2 Å². The van der Waals surface area contributed by atoms with Crippen molar-refractivity contribution in [2.45, 2.75) is 12.5 Å². The Hall–Kier alpha value is -3.56. The van der Waals surface area contributed by atoms with Gasteiger partial charge in [0.15, 0.2) is 0 Å². The van der Waals surface area contributed by atoms with Gasteiger partial charge >= 0.3 is 0 Å². The molecule has 1 aliphatic rings. The van der Waals surface area contributed by atoms with Crippen molar-refractivity contribution >= 4 is 28.9 Å². The Morgan fingerprint density at radius 2 is 1.97 bits per heavy atom. The SMILES string of the molecule is COCCN(CC(=O)N1N=C(c2cccs2)CC1c1ccccc1OC)C(=O)c1cccc(F)c1. The molecule has 0 spiro atoms. The van der Waals surface area contributed by atoms with Crippen LogP contribution in [-0.4, -0.2) is 61.4 Å². The Labute approximate surface area is 207 Å². The number of benzene rings is 2. The van der Waals surface area contributed by atoms with Crippen molar-refractivity contribution in [1.82, 2.24) is 9.91 Å². The maximum absolute atomic E-state index is 13.7. The lowest BCUT2D eigenvalue weighted by atomic mass is 10.00. The second-order valence-corrected chi connectivity index (χ2v) is 8.90. The highest BCUT2D eigenvalue weighted by molar-refractivity contribution is 7.12. The predicted molar refractivity (Wildman–Crippen MR) is 132 cm³/mol. The molecule has 0 bridgehead atoms. The fourth-order valence-corrected chi connectivity index (χ4v) is 4.73. The molecule has 1 unspecified atom stereocenters. The second kappa shape index (κ2) is 11.2. The van der Waals surface area contributed by atoms with Crippen LogP contribution in [0.2, 0.25) is 0 Å². The molecule has 0 aliphatic carbocycles. The standard InChI is InChI=1S/C26H26FN3O4S/c1-33-13-12-29(26(32)18-7-5-8-19(27)15-18)17-25(31)30-22(20-9-3-4-10-23(20)34-2)16-21(28-30)24-11-6-14-35-24/h3-11,14-15,22H,12-13,16-17H2,1-2H3. The minimum atomic E-state index is -0.519. The Morgan fingerprint density at radius 3 is 2.69 bits per heavy atom. The monoisotopic (exact) mass is 495 g/mol. The quantitative estimate of drug-likeness (QED) is 0.442. The van der Waals surface area contributed by atoms with Crippen LogP contribution < -0.4 is 4.74 Å². The number of nitrogens with zero attached hydrogens (tertiary/aromatic N) is 3. The summed E-state index contributed by atoms with van der Waals surface area (Å²) in [4.78, 5) is 29.1. The maximum Gasteiger partial charge on any atom is 0.262 e. The zero-order valence-corrected chi connectivity index (χ0v) is 20.3.